The van der Waals surface area contributed by atoms with Crippen LogP contribution in [0.1, 0.15) is 36.5 Å². The smallest absolute Gasteiger partial charge is 0.277 e. The van der Waals surface area contributed by atoms with Crippen molar-refractivity contribution in [2.24, 2.45) is 5.10 Å². The van der Waals surface area contributed by atoms with Crippen LogP contribution in [0.4, 0.5) is 0 Å². The van der Waals surface area contributed by atoms with E-state index in [1.54, 1.807) is 19.2 Å². The van der Waals surface area contributed by atoms with Crippen molar-refractivity contribution in [2.45, 2.75) is 26.7 Å². The fraction of sp³-hybridized carbons (Fsp3) is 0.364. The van der Waals surface area contributed by atoms with E-state index in [1.165, 1.54) is 20.4 Å². The van der Waals surface area contributed by atoms with Gasteiger partial charge in [-0.2, -0.15) is 5.10 Å². The highest BCUT2D eigenvalue weighted by Gasteiger charge is 2.15. The lowest BCUT2D eigenvalue weighted by molar-refractivity contribution is -0.123. The second-order valence-corrected chi connectivity index (χ2v) is 6.70. The van der Waals surface area contributed by atoms with E-state index in [0.717, 1.165) is 11.1 Å². The normalized spacial score (nSPS) is 10.9. The molecule has 0 spiro atoms. The number of benzene rings is 2. The van der Waals surface area contributed by atoms with E-state index in [2.05, 4.69) is 24.4 Å². The summed E-state index contributed by atoms with van der Waals surface area (Å²) in [6, 6.07) is 9.48. The van der Waals surface area contributed by atoms with Crippen LogP contribution in [0.15, 0.2) is 35.4 Å². The molecular weight excluding hydrogens is 372 g/mol. The molecule has 7 nitrogen and oxygen atoms in total. The predicted molar refractivity (Wildman–Crippen MR) is 113 cm³/mol. The van der Waals surface area contributed by atoms with Gasteiger partial charge in [0.05, 0.1) is 27.5 Å². The van der Waals surface area contributed by atoms with Gasteiger partial charge in [0, 0.05) is 5.56 Å². The second-order valence-electron chi connectivity index (χ2n) is 6.70. The molecule has 0 aromatic heterocycles. The fourth-order valence-corrected chi connectivity index (χ4v) is 2.82. The van der Waals surface area contributed by atoms with Crippen LogP contribution in [0.5, 0.6) is 23.0 Å². The highest BCUT2D eigenvalue weighted by atomic mass is 16.5. The summed E-state index contributed by atoms with van der Waals surface area (Å²) in [5, 5.41) is 3.99. The molecule has 2 aromatic rings. The maximum absolute atomic E-state index is 12.1. The van der Waals surface area contributed by atoms with Gasteiger partial charge in [-0.3, -0.25) is 4.79 Å². The number of methoxy groups -OCH3 is 3. The third kappa shape index (κ3) is 5.63. The molecule has 7 heteroatoms. The predicted octanol–water partition coefficient (Wildman–Crippen LogP) is 3.67. The molecule has 0 aliphatic rings. The van der Waals surface area contributed by atoms with Crippen LogP contribution in [0, 0.1) is 6.92 Å². The van der Waals surface area contributed by atoms with Crippen molar-refractivity contribution in [2.75, 3.05) is 27.9 Å². The zero-order chi connectivity index (χ0) is 21.4. The van der Waals surface area contributed by atoms with Crippen molar-refractivity contribution in [3.05, 3.63) is 47.0 Å². The highest BCUT2D eigenvalue weighted by Crippen LogP contribution is 2.38. The van der Waals surface area contributed by atoms with E-state index in [-0.39, 0.29) is 12.5 Å². The van der Waals surface area contributed by atoms with Crippen molar-refractivity contribution >= 4 is 12.1 Å². The monoisotopic (exact) mass is 400 g/mol. The number of ether oxygens (including phenoxy) is 4. The van der Waals surface area contributed by atoms with Gasteiger partial charge in [0.2, 0.25) is 5.75 Å². The second kappa shape index (κ2) is 10.4. The van der Waals surface area contributed by atoms with Crippen molar-refractivity contribution in [3.63, 3.8) is 0 Å². The molecule has 0 unspecified atom stereocenters. The summed E-state index contributed by atoms with van der Waals surface area (Å²) in [5.74, 6) is 2.09. The van der Waals surface area contributed by atoms with Crippen LogP contribution < -0.4 is 24.4 Å². The van der Waals surface area contributed by atoms with E-state index in [1.807, 2.05) is 25.1 Å². The minimum absolute atomic E-state index is 0.135. The maximum Gasteiger partial charge on any atom is 0.277 e. The lowest BCUT2D eigenvalue weighted by Crippen LogP contribution is -2.25. The zero-order valence-electron chi connectivity index (χ0n) is 17.7. The standard InChI is InChI=1S/C22H28N2O5/c1-14(2)17-9-7-15(3)11-19(17)29-13-20(25)24-23-12-16-8-10-18(26-4)22(28-6)21(16)27-5/h7-12,14H,13H2,1-6H3,(H,24,25)/b23-12-. The first kappa shape index (κ1) is 22.1. The quantitative estimate of drug-likeness (QED) is 0.513. The summed E-state index contributed by atoms with van der Waals surface area (Å²) in [6.07, 6.45) is 1.48. The Morgan fingerprint density at radius 3 is 2.38 bits per heavy atom. The fourth-order valence-electron chi connectivity index (χ4n) is 2.82. The molecule has 29 heavy (non-hydrogen) atoms. The number of carbonyl (C=O) groups is 1. The lowest BCUT2D eigenvalue weighted by atomic mass is 10.0. The van der Waals surface area contributed by atoms with Gasteiger partial charge < -0.3 is 18.9 Å². The van der Waals surface area contributed by atoms with Gasteiger partial charge in [-0.25, -0.2) is 5.43 Å². The Kier molecular flexibility index (Phi) is 7.88. The van der Waals surface area contributed by atoms with Crippen molar-refractivity contribution in [1.82, 2.24) is 5.43 Å². The molecule has 0 radical (unpaired) electrons. The highest BCUT2D eigenvalue weighted by molar-refractivity contribution is 5.87. The number of carbonyl (C=O) groups excluding carboxylic acids is 1. The minimum atomic E-state index is -0.364. The van der Waals surface area contributed by atoms with E-state index in [9.17, 15) is 4.79 Å². The first-order valence-electron chi connectivity index (χ1n) is 9.25. The van der Waals surface area contributed by atoms with Gasteiger partial charge in [-0.05, 0) is 42.2 Å². The molecule has 0 saturated carbocycles. The summed E-state index contributed by atoms with van der Waals surface area (Å²) in [5.41, 5.74) is 5.22. The molecule has 0 fully saturated rings. The number of aryl methyl sites for hydroxylation is 1. The molecular formula is C22H28N2O5. The molecule has 0 saturated heterocycles. The van der Waals surface area contributed by atoms with Crippen LogP contribution >= 0.6 is 0 Å². The van der Waals surface area contributed by atoms with E-state index >= 15 is 0 Å². The number of rotatable bonds is 9. The van der Waals surface area contributed by atoms with E-state index in [4.69, 9.17) is 18.9 Å². The first-order chi connectivity index (χ1) is 13.9. The summed E-state index contributed by atoms with van der Waals surface area (Å²) < 4.78 is 21.7. The molecule has 0 atom stereocenters. The van der Waals surface area contributed by atoms with Gasteiger partial charge in [0.15, 0.2) is 18.1 Å². The molecule has 0 heterocycles. The Morgan fingerprint density at radius 2 is 1.76 bits per heavy atom. The molecule has 2 rings (SSSR count). The van der Waals surface area contributed by atoms with Crippen molar-refractivity contribution < 1.29 is 23.7 Å². The molecule has 2 aromatic carbocycles. The van der Waals surface area contributed by atoms with E-state index < -0.39 is 0 Å². The number of nitrogens with zero attached hydrogens (tertiary/aromatic N) is 1. The molecule has 1 N–H and O–H groups in total. The SMILES string of the molecule is COc1ccc(/C=N\NC(=O)COc2cc(C)ccc2C(C)C)c(OC)c1OC. The molecule has 0 aliphatic carbocycles. The van der Waals surface area contributed by atoms with Crippen LogP contribution in [0.2, 0.25) is 0 Å². The van der Waals surface area contributed by atoms with Gasteiger partial charge in [-0.15, -0.1) is 0 Å². The van der Waals surface area contributed by atoms with Gasteiger partial charge >= 0.3 is 0 Å². The lowest BCUT2D eigenvalue weighted by Gasteiger charge is -2.14. The van der Waals surface area contributed by atoms with Crippen molar-refractivity contribution in [3.8, 4) is 23.0 Å². The summed E-state index contributed by atoms with van der Waals surface area (Å²) in [6.45, 7) is 6.01. The summed E-state index contributed by atoms with van der Waals surface area (Å²) in [7, 11) is 4.59. The van der Waals surface area contributed by atoms with Crippen LogP contribution in [0.3, 0.4) is 0 Å². The largest absolute Gasteiger partial charge is 0.493 e. The molecule has 0 bridgehead atoms. The number of amides is 1. The maximum atomic E-state index is 12.1. The third-order valence-corrected chi connectivity index (χ3v) is 4.28. The average Bonchev–Trinajstić information content (AvgIpc) is 2.71. The molecule has 156 valence electrons. The summed E-state index contributed by atoms with van der Waals surface area (Å²) >= 11 is 0. The number of hydrogen-bond donors (Lipinski definition) is 1. The summed E-state index contributed by atoms with van der Waals surface area (Å²) in [4.78, 5) is 12.1. The van der Waals surface area contributed by atoms with Crippen molar-refractivity contribution in [1.29, 1.82) is 0 Å². The van der Waals surface area contributed by atoms with Gasteiger partial charge in [-0.1, -0.05) is 26.0 Å². The zero-order valence-corrected chi connectivity index (χ0v) is 17.7. The van der Waals surface area contributed by atoms with Gasteiger partial charge in [0.1, 0.15) is 5.75 Å². The van der Waals surface area contributed by atoms with Gasteiger partial charge in [0.25, 0.3) is 5.91 Å². The Labute approximate surface area is 171 Å². The third-order valence-electron chi connectivity index (χ3n) is 4.28. The topological polar surface area (TPSA) is 78.4 Å². The first-order valence-corrected chi connectivity index (χ1v) is 9.25. The Balaban J connectivity index is 2.03. The Hall–Kier alpha value is -3.22. The van der Waals surface area contributed by atoms with E-state index in [0.29, 0.717) is 34.5 Å². The number of hydrazone groups is 1. The Morgan fingerprint density at radius 1 is 1.03 bits per heavy atom. The number of hydrogen-bond acceptors (Lipinski definition) is 6. The van der Waals surface area contributed by atoms with Crippen LogP contribution in [-0.2, 0) is 4.79 Å². The number of nitrogens with one attached hydrogen (secondary N) is 1. The van der Waals surface area contributed by atoms with Crippen LogP contribution in [0.25, 0.3) is 0 Å². The van der Waals surface area contributed by atoms with Crippen LogP contribution in [-0.4, -0.2) is 40.1 Å². The minimum Gasteiger partial charge on any atom is -0.493 e. The Bertz CT molecular complexity index is 878. The molecule has 0 aliphatic heterocycles. The molecule has 1 amide bonds. The average molecular weight is 400 g/mol.